The zero-order valence-corrected chi connectivity index (χ0v) is 8.12. The maximum absolute atomic E-state index is 3.22. The van der Waals surface area contributed by atoms with Crippen LogP contribution in [0.5, 0.6) is 0 Å². The van der Waals surface area contributed by atoms with Gasteiger partial charge in [0.2, 0.25) is 0 Å². The van der Waals surface area contributed by atoms with E-state index < -0.39 is 0 Å². The molecule has 0 saturated carbocycles. The molecule has 1 aromatic carbocycles. The van der Waals surface area contributed by atoms with Gasteiger partial charge in [0.25, 0.3) is 0 Å². The van der Waals surface area contributed by atoms with Crippen LogP contribution < -0.4 is 5.32 Å². The SMILES string of the molecule is C/C=C/Nc1ccccc1/C=C/C. The zero-order chi connectivity index (χ0) is 9.52. The molecule has 0 saturated heterocycles. The van der Waals surface area contributed by atoms with Crippen molar-refractivity contribution < 1.29 is 0 Å². The first-order valence-corrected chi connectivity index (χ1v) is 4.48. The van der Waals surface area contributed by atoms with Crippen LogP contribution >= 0.6 is 0 Å². The molecule has 1 aromatic rings. The summed E-state index contributed by atoms with van der Waals surface area (Å²) in [6, 6.07) is 8.22. The summed E-state index contributed by atoms with van der Waals surface area (Å²) in [6.07, 6.45) is 8.04. The van der Waals surface area contributed by atoms with E-state index in [1.54, 1.807) is 0 Å². The highest BCUT2D eigenvalue weighted by molar-refractivity contribution is 5.67. The van der Waals surface area contributed by atoms with Gasteiger partial charge in [-0.25, -0.2) is 0 Å². The van der Waals surface area contributed by atoms with Crippen LogP contribution in [0.25, 0.3) is 6.08 Å². The topological polar surface area (TPSA) is 12.0 Å². The molecular weight excluding hydrogens is 158 g/mol. The lowest BCUT2D eigenvalue weighted by molar-refractivity contribution is 1.53. The average molecular weight is 173 g/mol. The lowest BCUT2D eigenvalue weighted by atomic mass is 10.1. The Morgan fingerprint density at radius 2 is 1.85 bits per heavy atom. The number of benzene rings is 1. The van der Waals surface area contributed by atoms with Crippen molar-refractivity contribution in [1.29, 1.82) is 0 Å². The van der Waals surface area contributed by atoms with Gasteiger partial charge in [0.15, 0.2) is 0 Å². The maximum Gasteiger partial charge on any atom is 0.0453 e. The van der Waals surface area contributed by atoms with E-state index in [1.165, 1.54) is 5.56 Å². The van der Waals surface area contributed by atoms with Crippen LogP contribution in [0, 0.1) is 0 Å². The second kappa shape index (κ2) is 5.20. The summed E-state index contributed by atoms with van der Waals surface area (Å²) >= 11 is 0. The molecule has 0 aromatic heterocycles. The first kappa shape index (κ1) is 9.59. The minimum Gasteiger partial charge on any atom is -0.362 e. The summed E-state index contributed by atoms with van der Waals surface area (Å²) in [7, 11) is 0. The van der Waals surface area contributed by atoms with Crippen molar-refractivity contribution in [2.24, 2.45) is 0 Å². The summed E-state index contributed by atoms with van der Waals surface area (Å²) in [6.45, 7) is 4.01. The predicted molar refractivity (Wildman–Crippen MR) is 59.6 cm³/mol. The molecule has 0 aliphatic heterocycles. The first-order valence-electron chi connectivity index (χ1n) is 4.48. The van der Waals surface area contributed by atoms with E-state index in [4.69, 9.17) is 0 Å². The Labute approximate surface area is 79.8 Å². The number of nitrogens with one attached hydrogen (secondary N) is 1. The van der Waals surface area contributed by atoms with Crippen molar-refractivity contribution in [2.45, 2.75) is 13.8 Å². The highest BCUT2D eigenvalue weighted by Gasteiger charge is 1.93. The highest BCUT2D eigenvalue weighted by Crippen LogP contribution is 2.16. The van der Waals surface area contributed by atoms with Gasteiger partial charge in [0.1, 0.15) is 0 Å². The second-order valence-electron chi connectivity index (χ2n) is 2.73. The molecule has 1 heteroatoms. The predicted octanol–water partition coefficient (Wildman–Crippen LogP) is 3.67. The third-order valence-electron chi connectivity index (χ3n) is 1.71. The summed E-state index contributed by atoms with van der Waals surface area (Å²) in [5, 5.41) is 3.22. The fourth-order valence-corrected chi connectivity index (χ4v) is 1.13. The molecule has 0 bridgehead atoms. The molecule has 0 fully saturated rings. The lowest BCUT2D eigenvalue weighted by Gasteiger charge is -2.04. The van der Waals surface area contributed by atoms with E-state index in [-0.39, 0.29) is 0 Å². The van der Waals surface area contributed by atoms with E-state index in [2.05, 4.69) is 23.5 Å². The quantitative estimate of drug-likeness (QED) is 0.735. The number of hydrogen-bond donors (Lipinski definition) is 1. The van der Waals surface area contributed by atoms with Gasteiger partial charge in [-0.15, -0.1) is 0 Å². The molecule has 0 amide bonds. The Hall–Kier alpha value is -1.50. The third kappa shape index (κ3) is 2.79. The number of allylic oxidation sites excluding steroid dienone is 2. The Bertz CT molecular complexity index is 311. The van der Waals surface area contributed by atoms with Gasteiger partial charge in [-0.1, -0.05) is 36.4 Å². The normalized spacial score (nSPS) is 11.2. The Balaban J connectivity index is 2.90. The van der Waals surface area contributed by atoms with Gasteiger partial charge in [0.05, 0.1) is 0 Å². The molecule has 1 rings (SSSR count). The minimum atomic E-state index is 1.14. The number of rotatable bonds is 3. The van der Waals surface area contributed by atoms with E-state index in [9.17, 15) is 0 Å². The molecule has 13 heavy (non-hydrogen) atoms. The van der Waals surface area contributed by atoms with Crippen LogP contribution in [0.1, 0.15) is 19.4 Å². The molecular formula is C12H15N. The molecule has 1 N–H and O–H groups in total. The van der Waals surface area contributed by atoms with Crippen LogP contribution in [0.2, 0.25) is 0 Å². The van der Waals surface area contributed by atoms with Crippen molar-refractivity contribution in [3.63, 3.8) is 0 Å². The molecule has 0 aliphatic carbocycles. The second-order valence-corrected chi connectivity index (χ2v) is 2.73. The number of para-hydroxylation sites is 1. The van der Waals surface area contributed by atoms with Crippen LogP contribution in [0.3, 0.4) is 0 Å². The van der Waals surface area contributed by atoms with Crippen LogP contribution in [0.15, 0.2) is 42.6 Å². The van der Waals surface area contributed by atoms with Crippen molar-refractivity contribution in [3.05, 3.63) is 48.2 Å². The molecule has 1 nitrogen and oxygen atoms in total. The zero-order valence-electron chi connectivity index (χ0n) is 8.12. The van der Waals surface area contributed by atoms with Crippen LogP contribution in [-0.4, -0.2) is 0 Å². The van der Waals surface area contributed by atoms with Gasteiger partial charge >= 0.3 is 0 Å². The highest BCUT2D eigenvalue weighted by atomic mass is 14.8. The molecule has 0 spiro atoms. The van der Waals surface area contributed by atoms with E-state index >= 15 is 0 Å². The lowest BCUT2D eigenvalue weighted by Crippen LogP contribution is -1.89. The third-order valence-corrected chi connectivity index (χ3v) is 1.71. The molecule has 68 valence electrons. The minimum absolute atomic E-state index is 1.14. The van der Waals surface area contributed by atoms with Crippen LogP contribution in [-0.2, 0) is 0 Å². The molecule has 0 heterocycles. The average Bonchev–Trinajstić information content (AvgIpc) is 2.17. The standard InChI is InChI=1S/C12H15N/c1-3-7-11-8-5-6-9-12(11)13-10-4-2/h3-10,13H,1-2H3/b7-3+,10-4+. The Morgan fingerprint density at radius 3 is 2.54 bits per heavy atom. The van der Waals surface area contributed by atoms with Crippen molar-refractivity contribution in [1.82, 2.24) is 0 Å². The number of anilines is 1. The van der Waals surface area contributed by atoms with Crippen LogP contribution in [0.4, 0.5) is 5.69 Å². The summed E-state index contributed by atoms with van der Waals surface area (Å²) in [4.78, 5) is 0. The number of hydrogen-bond acceptors (Lipinski definition) is 1. The smallest absolute Gasteiger partial charge is 0.0453 e. The van der Waals surface area contributed by atoms with Gasteiger partial charge in [0, 0.05) is 5.69 Å². The van der Waals surface area contributed by atoms with Gasteiger partial charge in [-0.3, -0.25) is 0 Å². The van der Waals surface area contributed by atoms with E-state index in [0.29, 0.717) is 0 Å². The maximum atomic E-state index is 3.22. The van der Waals surface area contributed by atoms with E-state index in [0.717, 1.165) is 5.69 Å². The van der Waals surface area contributed by atoms with Crippen molar-refractivity contribution in [2.75, 3.05) is 5.32 Å². The van der Waals surface area contributed by atoms with Crippen molar-refractivity contribution >= 4 is 11.8 Å². The summed E-state index contributed by atoms with van der Waals surface area (Å²) < 4.78 is 0. The summed E-state index contributed by atoms with van der Waals surface area (Å²) in [5.41, 5.74) is 2.35. The fourth-order valence-electron chi connectivity index (χ4n) is 1.13. The fraction of sp³-hybridized carbons (Fsp3) is 0.167. The molecule has 0 atom stereocenters. The molecule has 0 radical (unpaired) electrons. The van der Waals surface area contributed by atoms with Crippen molar-refractivity contribution in [3.8, 4) is 0 Å². The Morgan fingerprint density at radius 1 is 1.08 bits per heavy atom. The first-order chi connectivity index (χ1) is 6.38. The van der Waals surface area contributed by atoms with E-state index in [1.807, 2.05) is 44.3 Å². The summed E-state index contributed by atoms with van der Waals surface area (Å²) in [5.74, 6) is 0. The monoisotopic (exact) mass is 173 g/mol. The van der Waals surface area contributed by atoms with Gasteiger partial charge < -0.3 is 5.32 Å². The Kier molecular flexibility index (Phi) is 3.83. The van der Waals surface area contributed by atoms with Gasteiger partial charge in [-0.2, -0.15) is 0 Å². The van der Waals surface area contributed by atoms with Gasteiger partial charge in [-0.05, 0) is 31.7 Å². The largest absolute Gasteiger partial charge is 0.362 e. The molecule has 0 unspecified atom stereocenters. The molecule has 0 aliphatic rings.